The molecule has 5 nitrogen and oxygen atoms in total. The van der Waals surface area contributed by atoms with Gasteiger partial charge in [0, 0.05) is 6.54 Å². The van der Waals surface area contributed by atoms with Crippen LogP contribution in [-0.2, 0) is 17.9 Å². The summed E-state index contributed by atoms with van der Waals surface area (Å²) < 4.78 is 0. The number of nitrogens with one attached hydrogen (secondary N) is 2. The lowest BCUT2D eigenvalue weighted by Gasteiger charge is -2.32. The lowest BCUT2D eigenvalue weighted by molar-refractivity contribution is -0.120. The largest absolute Gasteiger partial charge is 0.308 e. The smallest absolute Gasteiger partial charge is 0.252 e. The van der Waals surface area contributed by atoms with E-state index in [9.17, 15) is 4.79 Å². The fourth-order valence-electron chi connectivity index (χ4n) is 4.54. The molecule has 0 aromatic heterocycles. The second-order valence-electron chi connectivity index (χ2n) is 9.11. The van der Waals surface area contributed by atoms with Crippen molar-refractivity contribution in [2.75, 3.05) is 31.2 Å². The second kappa shape index (κ2) is 12.9. The molecule has 4 rings (SSSR count). The molecule has 0 aliphatic carbocycles. The molecule has 0 radical (unpaired) electrons. The number of carbonyl (C=O) groups excluding carboxylic acids is 1. The molecule has 0 atom stereocenters. The Morgan fingerprint density at radius 3 is 2.06 bits per heavy atom. The van der Waals surface area contributed by atoms with E-state index in [2.05, 4.69) is 58.1 Å². The van der Waals surface area contributed by atoms with Crippen LogP contribution in [0.2, 0.25) is 0 Å². The molecule has 1 amide bonds. The molecular formula is C29H36N4O. The van der Waals surface area contributed by atoms with Crippen LogP contribution < -0.4 is 15.8 Å². The number of para-hydroxylation sites is 1. The topological polar surface area (TPSA) is 47.6 Å². The van der Waals surface area contributed by atoms with Gasteiger partial charge in [-0.2, -0.15) is 0 Å². The third-order valence-electron chi connectivity index (χ3n) is 6.48. The van der Waals surface area contributed by atoms with Gasteiger partial charge in [-0.25, -0.2) is 0 Å². The number of rotatable bonds is 11. The van der Waals surface area contributed by atoms with E-state index in [0.29, 0.717) is 13.1 Å². The number of anilines is 1. The summed E-state index contributed by atoms with van der Waals surface area (Å²) in [7, 11) is 0. The zero-order valence-electron chi connectivity index (χ0n) is 19.9. The number of piperidine rings is 1. The van der Waals surface area contributed by atoms with E-state index >= 15 is 0 Å². The van der Waals surface area contributed by atoms with Gasteiger partial charge in [0.2, 0.25) is 0 Å². The van der Waals surface area contributed by atoms with Crippen LogP contribution in [0.3, 0.4) is 0 Å². The Balaban J connectivity index is 1.16. The van der Waals surface area contributed by atoms with E-state index in [0.717, 1.165) is 49.8 Å². The van der Waals surface area contributed by atoms with Crippen LogP contribution in [0.1, 0.15) is 30.4 Å². The molecule has 0 unspecified atom stereocenters. The maximum atomic E-state index is 12.7. The lowest BCUT2D eigenvalue weighted by atomic mass is 9.93. The number of hydrogen-bond donors (Lipinski definition) is 2. The molecule has 1 saturated heterocycles. The van der Waals surface area contributed by atoms with Crippen molar-refractivity contribution >= 4 is 11.6 Å². The average molecular weight is 457 g/mol. The molecule has 178 valence electrons. The van der Waals surface area contributed by atoms with Crippen molar-refractivity contribution in [2.24, 2.45) is 5.92 Å². The fourth-order valence-corrected chi connectivity index (χ4v) is 4.54. The third kappa shape index (κ3) is 7.72. The van der Waals surface area contributed by atoms with Crippen molar-refractivity contribution in [3.05, 3.63) is 102 Å². The number of benzene rings is 3. The number of hydrazine groups is 1. The fraction of sp³-hybridized carbons (Fsp3) is 0.345. The lowest BCUT2D eigenvalue weighted by Crippen LogP contribution is -2.46. The predicted octanol–water partition coefficient (Wildman–Crippen LogP) is 4.62. The predicted molar refractivity (Wildman–Crippen MR) is 139 cm³/mol. The molecule has 3 aromatic rings. The minimum atomic E-state index is -0.0162. The Kier molecular flexibility index (Phi) is 9.12. The summed E-state index contributed by atoms with van der Waals surface area (Å²) in [5.74, 6) is 0.721. The maximum absolute atomic E-state index is 12.7. The molecule has 1 heterocycles. The molecule has 0 spiro atoms. The molecule has 34 heavy (non-hydrogen) atoms. The SMILES string of the molecule is O=C(CNCCC1CCN(Cc2ccccc2)CC1)NN(Cc1ccccc1)c1ccccc1. The monoisotopic (exact) mass is 456 g/mol. The first-order valence-corrected chi connectivity index (χ1v) is 12.4. The number of likely N-dealkylation sites (tertiary alicyclic amines) is 1. The van der Waals surface area contributed by atoms with Gasteiger partial charge in [0.25, 0.3) is 5.91 Å². The van der Waals surface area contributed by atoms with Crippen LogP contribution in [0.4, 0.5) is 5.69 Å². The van der Waals surface area contributed by atoms with E-state index in [4.69, 9.17) is 0 Å². The Labute approximate surface area is 203 Å². The first kappa shape index (κ1) is 24.0. The Morgan fingerprint density at radius 1 is 0.824 bits per heavy atom. The molecule has 0 bridgehead atoms. The summed E-state index contributed by atoms with van der Waals surface area (Å²) in [6.45, 7) is 5.19. The van der Waals surface area contributed by atoms with E-state index in [-0.39, 0.29) is 5.91 Å². The average Bonchev–Trinajstić information content (AvgIpc) is 2.89. The van der Waals surface area contributed by atoms with Gasteiger partial charge in [0.15, 0.2) is 0 Å². The van der Waals surface area contributed by atoms with Crippen molar-refractivity contribution in [2.45, 2.75) is 32.4 Å². The van der Waals surface area contributed by atoms with Gasteiger partial charge in [0.05, 0.1) is 18.8 Å². The first-order chi connectivity index (χ1) is 16.8. The highest BCUT2D eigenvalue weighted by molar-refractivity contribution is 5.79. The summed E-state index contributed by atoms with van der Waals surface area (Å²) in [5, 5.41) is 5.27. The van der Waals surface area contributed by atoms with Gasteiger partial charge >= 0.3 is 0 Å². The van der Waals surface area contributed by atoms with Gasteiger partial charge in [-0.3, -0.25) is 20.1 Å². The van der Waals surface area contributed by atoms with Gasteiger partial charge in [-0.05, 0) is 68.1 Å². The Hall–Kier alpha value is -3.15. The van der Waals surface area contributed by atoms with E-state index in [1.54, 1.807) is 0 Å². The summed E-state index contributed by atoms with van der Waals surface area (Å²) >= 11 is 0. The highest BCUT2D eigenvalue weighted by Crippen LogP contribution is 2.21. The molecule has 2 N–H and O–H groups in total. The zero-order valence-corrected chi connectivity index (χ0v) is 19.9. The molecule has 0 saturated carbocycles. The molecule has 5 heteroatoms. The van der Waals surface area contributed by atoms with E-state index < -0.39 is 0 Å². The van der Waals surface area contributed by atoms with Gasteiger partial charge in [0.1, 0.15) is 0 Å². The molecule has 1 aliphatic rings. The Bertz CT molecular complexity index is 973. The van der Waals surface area contributed by atoms with Crippen molar-refractivity contribution in [3.63, 3.8) is 0 Å². The van der Waals surface area contributed by atoms with Gasteiger partial charge in [-0.1, -0.05) is 78.9 Å². The highest BCUT2D eigenvalue weighted by atomic mass is 16.2. The number of hydrogen-bond acceptors (Lipinski definition) is 4. The van der Waals surface area contributed by atoms with Crippen LogP contribution in [0.25, 0.3) is 0 Å². The van der Waals surface area contributed by atoms with Crippen LogP contribution in [0, 0.1) is 5.92 Å². The van der Waals surface area contributed by atoms with Crippen LogP contribution in [-0.4, -0.2) is 37.0 Å². The molecule has 3 aromatic carbocycles. The van der Waals surface area contributed by atoms with E-state index in [1.165, 1.54) is 18.4 Å². The van der Waals surface area contributed by atoms with Crippen molar-refractivity contribution < 1.29 is 4.79 Å². The standard InChI is InChI=1S/C29H36N4O/c34-29(31-33(28-14-8-3-9-15-28)24-27-12-6-2-7-13-27)22-30-19-16-25-17-20-32(21-18-25)23-26-10-4-1-5-11-26/h1-15,25,30H,16-24H2,(H,31,34). The van der Waals surface area contributed by atoms with Crippen LogP contribution in [0.5, 0.6) is 0 Å². The van der Waals surface area contributed by atoms with E-state index in [1.807, 2.05) is 53.5 Å². The maximum Gasteiger partial charge on any atom is 0.252 e. The minimum absolute atomic E-state index is 0.0162. The van der Waals surface area contributed by atoms with Gasteiger partial charge < -0.3 is 5.32 Å². The number of amides is 1. The summed E-state index contributed by atoms with van der Waals surface area (Å²) in [6.07, 6.45) is 3.60. The second-order valence-corrected chi connectivity index (χ2v) is 9.11. The van der Waals surface area contributed by atoms with Crippen LogP contribution in [0.15, 0.2) is 91.0 Å². The van der Waals surface area contributed by atoms with Crippen molar-refractivity contribution in [1.82, 2.24) is 15.6 Å². The highest BCUT2D eigenvalue weighted by Gasteiger charge is 2.19. The quantitative estimate of drug-likeness (QED) is 0.327. The van der Waals surface area contributed by atoms with Crippen molar-refractivity contribution in [3.8, 4) is 0 Å². The van der Waals surface area contributed by atoms with Crippen molar-refractivity contribution in [1.29, 1.82) is 0 Å². The molecule has 1 fully saturated rings. The number of carbonyl (C=O) groups is 1. The number of nitrogens with zero attached hydrogens (tertiary/aromatic N) is 2. The normalized spacial score (nSPS) is 14.6. The summed E-state index contributed by atoms with van der Waals surface area (Å²) in [6, 6.07) is 30.9. The minimum Gasteiger partial charge on any atom is -0.308 e. The first-order valence-electron chi connectivity index (χ1n) is 12.4. The zero-order chi connectivity index (χ0) is 23.4. The molecular weight excluding hydrogens is 420 g/mol. The van der Waals surface area contributed by atoms with Gasteiger partial charge in [-0.15, -0.1) is 0 Å². The Morgan fingerprint density at radius 2 is 1.41 bits per heavy atom. The third-order valence-corrected chi connectivity index (χ3v) is 6.48. The van der Waals surface area contributed by atoms with Crippen LogP contribution >= 0.6 is 0 Å². The molecule has 1 aliphatic heterocycles. The summed E-state index contributed by atoms with van der Waals surface area (Å²) in [5.41, 5.74) is 6.59. The summed E-state index contributed by atoms with van der Waals surface area (Å²) in [4.78, 5) is 15.2.